The van der Waals surface area contributed by atoms with Gasteiger partial charge in [0.25, 0.3) is 0 Å². The van der Waals surface area contributed by atoms with Gasteiger partial charge in [-0.3, -0.25) is 14.5 Å². The second-order valence-electron chi connectivity index (χ2n) is 6.45. The first kappa shape index (κ1) is 16.0. The van der Waals surface area contributed by atoms with Crippen LogP contribution >= 0.6 is 0 Å². The van der Waals surface area contributed by atoms with Crippen molar-refractivity contribution in [1.29, 1.82) is 0 Å². The molecule has 2 aliphatic heterocycles. The van der Waals surface area contributed by atoms with Gasteiger partial charge in [-0.25, -0.2) is 0 Å². The molecular weight excluding hydrogens is 296 g/mol. The van der Waals surface area contributed by atoms with Gasteiger partial charge in [-0.1, -0.05) is 5.16 Å². The fourth-order valence-electron chi connectivity index (χ4n) is 3.44. The molecule has 1 atom stereocenters. The number of nitrogens with zero attached hydrogens (tertiary/aromatic N) is 4. The van der Waals surface area contributed by atoms with Crippen LogP contribution in [0.15, 0.2) is 4.52 Å². The number of aryl methyl sites for hydroxylation is 2. The summed E-state index contributed by atoms with van der Waals surface area (Å²) in [6, 6.07) is -0.175. The SMILES string of the molecule is Cc1noc(C)c1CCC(=O)N1CCN2CCN(C)C(=O)[C@H]2C1. The molecule has 7 nitrogen and oxygen atoms in total. The molecule has 0 radical (unpaired) electrons. The Morgan fingerprint density at radius 3 is 2.70 bits per heavy atom. The molecule has 126 valence electrons. The minimum absolute atomic E-state index is 0.102. The van der Waals surface area contributed by atoms with E-state index in [2.05, 4.69) is 10.1 Å². The van der Waals surface area contributed by atoms with Crippen LogP contribution in [0.4, 0.5) is 0 Å². The Bertz CT molecular complexity index is 593. The highest BCUT2D eigenvalue weighted by Gasteiger charge is 2.38. The van der Waals surface area contributed by atoms with Crippen molar-refractivity contribution in [3.8, 4) is 0 Å². The third-order valence-electron chi connectivity index (χ3n) is 5.00. The van der Waals surface area contributed by atoms with E-state index in [0.29, 0.717) is 25.9 Å². The van der Waals surface area contributed by atoms with Crippen molar-refractivity contribution in [2.75, 3.05) is 39.8 Å². The molecule has 0 saturated carbocycles. The van der Waals surface area contributed by atoms with Crippen LogP contribution in [0.3, 0.4) is 0 Å². The van der Waals surface area contributed by atoms with Gasteiger partial charge in [-0.05, 0) is 20.3 Å². The lowest BCUT2D eigenvalue weighted by atomic mass is 10.1. The molecule has 0 bridgehead atoms. The Hall–Kier alpha value is -1.89. The maximum absolute atomic E-state index is 12.5. The van der Waals surface area contributed by atoms with E-state index in [0.717, 1.165) is 36.7 Å². The average Bonchev–Trinajstić information content (AvgIpc) is 2.87. The number of amides is 2. The van der Waals surface area contributed by atoms with Crippen LogP contribution in [0.1, 0.15) is 23.4 Å². The zero-order valence-electron chi connectivity index (χ0n) is 14.0. The highest BCUT2D eigenvalue weighted by molar-refractivity contribution is 5.84. The zero-order chi connectivity index (χ0) is 16.6. The molecule has 0 N–H and O–H groups in total. The van der Waals surface area contributed by atoms with E-state index in [1.807, 2.05) is 25.8 Å². The van der Waals surface area contributed by atoms with Crippen LogP contribution in [-0.4, -0.2) is 77.5 Å². The van der Waals surface area contributed by atoms with E-state index in [1.165, 1.54) is 0 Å². The molecule has 0 spiro atoms. The predicted octanol–water partition coefficient (Wildman–Crippen LogP) is 0.209. The Labute approximate surface area is 136 Å². The highest BCUT2D eigenvalue weighted by Crippen LogP contribution is 2.19. The van der Waals surface area contributed by atoms with Crippen LogP contribution in [0.2, 0.25) is 0 Å². The maximum atomic E-state index is 12.5. The standard InChI is InChI=1S/C16H24N4O3/c1-11-13(12(2)23-17-11)4-5-15(21)20-9-8-19-7-6-18(3)16(22)14(19)10-20/h14H,4-10H2,1-3H3/t14-/m1/s1. The van der Waals surface area contributed by atoms with Crippen LogP contribution in [0, 0.1) is 13.8 Å². The van der Waals surface area contributed by atoms with Gasteiger partial charge in [0.2, 0.25) is 11.8 Å². The van der Waals surface area contributed by atoms with Gasteiger partial charge < -0.3 is 14.3 Å². The van der Waals surface area contributed by atoms with E-state index in [-0.39, 0.29) is 17.9 Å². The lowest BCUT2D eigenvalue weighted by Gasteiger charge is -2.45. The molecule has 23 heavy (non-hydrogen) atoms. The quantitative estimate of drug-likeness (QED) is 0.796. The first-order valence-electron chi connectivity index (χ1n) is 8.16. The number of likely N-dealkylation sites (N-methyl/N-ethyl adjacent to an activating group) is 1. The number of rotatable bonds is 3. The van der Waals surface area contributed by atoms with Gasteiger partial charge in [-0.15, -0.1) is 0 Å². The normalized spacial score (nSPS) is 22.4. The number of aromatic nitrogens is 1. The van der Waals surface area contributed by atoms with Crippen molar-refractivity contribution in [2.24, 2.45) is 0 Å². The minimum atomic E-state index is -0.175. The van der Waals surface area contributed by atoms with Gasteiger partial charge in [-0.2, -0.15) is 0 Å². The van der Waals surface area contributed by atoms with E-state index < -0.39 is 0 Å². The number of fused-ring (bicyclic) bond motifs is 1. The van der Waals surface area contributed by atoms with Crippen molar-refractivity contribution in [1.82, 2.24) is 19.9 Å². The van der Waals surface area contributed by atoms with Gasteiger partial charge >= 0.3 is 0 Å². The molecule has 3 heterocycles. The van der Waals surface area contributed by atoms with E-state index in [9.17, 15) is 9.59 Å². The summed E-state index contributed by atoms with van der Waals surface area (Å²) in [5.74, 6) is 1.01. The van der Waals surface area contributed by atoms with Crippen molar-refractivity contribution < 1.29 is 14.1 Å². The average molecular weight is 320 g/mol. The van der Waals surface area contributed by atoms with Gasteiger partial charge in [0.1, 0.15) is 11.8 Å². The summed E-state index contributed by atoms with van der Waals surface area (Å²) in [7, 11) is 1.83. The molecule has 0 unspecified atom stereocenters. The molecule has 2 amide bonds. The first-order valence-corrected chi connectivity index (χ1v) is 8.16. The van der Waals surface area contributed by atoms with Crippen molar-refractivity contribution >= 4 is 11.8 Å². The van der Waals surface area contributed by atoms with Crippen molar-refractivity contribution in [2.45, 2.75) is 32.7 Å². The van der Waals surface area contributed by atoms with Gasteiger partial charge in [0.15, 0.2) is 0 Å². The lowest BCUT2D eigenvalue weighted by Crippen LogP contribution is -2.64. The summed E-state index contributed by atoms with van der Waals surface area (Å²) in [4.78, 5) is 30.6. The number of carbonyl (C=O) groups excluding carboxylic acids is 2. The molecule has 2 saturated heterocycles. The number of hydrogen-bond donors (Lipinski definition) is 0. The summed E-state index contributed by atoms with van der Waals surface area (Å²) in [6.07, 6.45) is 1.07. The van der Waals surface area contributed by atoms with Crippen molar-refractivity contribution in [3.63, 3.8) is 0 Å². The topological polar surface area (TPSA) is 69.9 Å². The molecule has 0 aliphatic carbocycles. The lowest BCUT2D eigenvalue weighted by molar-refractivity contribution is -0.147. The predicted molar refractivity (Wildman–Crippen MR) is 83.9 cm³/mol. The fourth-order valence-corrected chi connectivity index (χ4v) is 3.44. The van der Waals surface area contributed by atoms with Crippen LogP contribution in [0.5, 0.6) is 0 Å². The Morgan fingerprint density at radius 1 is 1.26 bits per heavy atom. The molecule has 7 heteroatoms. The molecule has 2 aliphatic rings. The summed E-state index contributed by atoms with van der Waals surface area (Å²) < 4.78 is 5.14. The van der Waals surface area contributed by atoms with E-state index in [1.54, 1.807) is 4.90 Å². The summed E-state index contributed by atoms with van der Waals surface area (Å²) in [6.45, 7) is 7.42. The Balaban J connectivity index is 1.59. The molecule has 1 aromatic heterocycles. The summed E-state index contributed by atoms with van der Waals surface area (Å²) in [5, 5.41) is 3.92. The summed E-state index contributed by atoms with van der Waals surface area (Å²) >= 11 is 0. The minimum Gasteiger partial charge on any atom is -0.361 e. The summed E-state index contributed by atoms with van der Waals surface area (Å²) in [5.41, 5.74) is 1.87. The Kier molecular flexibility index (Phi) is 4.39. The highest BCUT2D eigenvalue weighted by atomic mass is 16.5. The molecule has 2 fully saturated rings. The monoisotopic (exact) mass is 320 g/mol. The Morgan fingerprint density at radius 2 is 2.00 bits per heavy atom. The molecule has 3 rings (SSSR count). The van der Waals surface area contributed by atoms with E-state index in [4.69, 9.17) is 4.52 Å². The second-order valence-corrected chi connectivity index (χ2v) is 6.45. The van der Waals surface area contributed by atoms with Crippen molar-refractivity contribution in [3.05, 3.63) is 17.0 Å². The van der Waals surface area contributed by atoms with Gasteiger partial charge in [0, 0.05) is 51.8 Å². The van der Waals surface area contributed by atoms with Crippen LogP contribution in [-0.2, 0) is 16.0 Å². The maximum Gasteiger partial charge on any atom is 0.241 e. The molecular formula is C16H24N4O3. The number of hydrogen-bond acceptors (Lipinski definition) is 5. The third-order valence-corrected chi connectivity index (χ3v) is 5.00. The number of piperazine rings is 2. The van der Waals surface area contributed by atoms with Crippen LogP contribution in [0.25, 0.3) is 0 Å². The third kappa shape index (κ3) is 3.10. The fraction of sp³-hybridized carbons (Fsp3) is 0.688. The van der Waals surface area contributed by atoms with Gasteiger partial charge in [0.05, 0.1) is 5.69 Å². The van der Waals surface area contributed by atoms with E-state index >= 15 is 0 Å². The van der Waals surface area contributed by atoms with Crippen LogP contribution < -0.4 is 0 Å². The second kappa shape index (κ2) is 6.31. The number of carbonyl (C=O) groups is 2. The molecule has 1 aromatic rings. The molecule has 0 aromatic carbocycles. The smallest absolute Gasteiger partial charge is 0.241 e. The largest absolute Gasteiger partial charge is 0.361 e. The zero-order valence-corrected chi connectivity index (χ0v) is 14.0. The first-order chi connectivity index (χ1) is 11.0.